The van der Waals surface area contributed by atoms with Gasteiger partial charge in [0.15, 0.2) is 9.84 Å². The molecule has 1 saturated heterocycles. The molecular formula is C14H15NO3S. The third kappa shape index (κ3) is 2.48. The number of aromatic nitrogens is 1. The third-order valence-corrected chi connectivity index (χ3v) is 5.48. The molecule has 1 aliphatic heterocycles. The van der Waals surface area contributed by atoms with Crippen LogP contribution in [0, 0.1) is 5.92 Å². The standard InChI is InChI=1S/C14H15NO3S/c16-14(12-5-7-19(17,18)9-12)11-4-3-10-2-1-6-15-13(10)8-11/h1-4,6,8,12,14,16H,5,7,9H2. The van der Waals surface area contributed by atoms with E-state index in [1.165, 1.54) is 0 Å². The van der Waals surface area contributed by atoms with Crippen LogP contribution in [0.4, 0.5) is 0 Å². The minimum Gasteiger partial charge on any atom is -0.388 e. The van der Waals surface area contributed by atoms with Crippen LogP contribution in [0.3, 0.4) is 0 Å². The largest absolute Gasteiger partial charge is 0.388 e. The Morgan fingerprint density at radius 3 is 2.89 bits per heavy atom. The van der Waals surface area contributed by atoms with E-state index in [1.807, 2.05) is 30.3 Å². The van der Waals surface area contributed by atoms with Gasteiger partial charge in [-0.2, -0.15) is 0 Å². The molecule has 100 valence electrons. The van der Waals surface area contributed by atoms with Crippen molar-refractivity contribution in [3.63, 3.8) is 0 Å². The maximum absolute atomic E-state index is 11.5. The zero-order valence-corrected chi connectivity index (χ0v) is 11.2. The smallest absolute Gasteiger partial charge is 0.150 e. The molecule has 2 atom stereocenters. The normalized spacial score (nSPS) is 23.5. The molecule has 0 amide bonds. The lowest BCUT2D eigenvalue weighted by molar-refractivity contribution is 0.121. The highest BCUT2D eigenvalue weighted by Crippen LogP contribution is 2.32. The molecule has 2 heterocycles. The number of fused-ring (bicyclic) bond motifs is 1. The molecule has 0 aliphatic carbocycles. The van der Waals surface area contributed by atoms with Crippen LogP contribution in [0.15, 0.2) is 36.5 Å². The number of rotatable bonds is 2. The van der Waals surface area contributed by atoms with Gasteiger partial charge in [-0.15, -0.1) is 0 Å². The molecule has 1 N–H and O–H groups in total. The van der Waals surface area contributed by atoms with E-state index in [2.05, 4.69) is 4.98 Å². The highest BCUT2D eigenvalue weighted by molar-refractivity contribution is 7.91. The zero-order valence-electron chi connectivity index (χ0n) is 10.4. The molecule has 1 aromatic carbocycles. The van der Waals surface area contributed by atoms with Crippen LogP contribution in [0.25, 0.3) is 10.9 Å². The summed E-state index contributed by atoms with van der Waals surface area (Å²) in [6.45, 7) is 0. The van der Waals surface area contributed by atoms with Gasteiger partial charge in [0.25, 0.3) is 0 Å². The summed E-state index contributed by atoms with van der Waals surface area (Å²) >= 11 is 0. The van der Waals surface area contributed by atoms with E-state index < -0.39 is 15.9 Å². The van der Waals surface area contributed by atoms with E-state index in [0.29, 0.717) is 6.42 Å². The van der Waals surface area contributed by atoms with Gasteiger partial charge < -0.3 is 5.11 Å². The molecule has 2 aromatic rings. The summed E-state index contributed by atoms with van der Waals surface area (Å²) in [6.07, 6.45) is 1.51. The summed E-state index contributed by atoms with van der Waals surface area (Å²) in [5.74, 6) is 0.0563. The molecule has 19 heavy (non-hydrogen) atoms. The van der Waals surface area contributed by atoms with E-state index in [-0.39, 0.29) is 17.4 Å². The topological polar surface area (TPSA) is 67.3 Å². The Morgan fingerprint density at radius 2 is 2.16 bits per heavy atom. The summed E-state index contributed by atoms with van der Waals surface area (Å²) < 4.78 is 22.9. The van der Waals surface area contributed by atoms with Crippen molar-refractivity contribution in [2.75, 3.05) is 11.5 Å². The van der Waals surface area contributed by atoms with E-state index in [0.717, 1.165) is 16.5 Å². The van der Waals surface area contributed by atoms with Gasteiger partial charge in [0, 0.05) is 17.5 Å². The monoisotopic (exact) mass is 277 g/mol. The van der Waals surface area contributed by atoms with Gasteiger partial charge in [-0.3, -0.25) is 4.98 Å². The first-order chi connectivity index (χ1) is 9.05. The van der Waals surface area contributed by atoms with E-state index in [4.69, 9.17) is 0 Å². The average Bonchev–Trinajstić information content (AvgIpc) is 2.78. The molecule has 1 fully saturated rings. The second-order valence-electron chi connectivity index (χ2n) is 5.06. The molecule has 5 heteroatoms. The molecule has 0 saturated carbocycles. The molecule has 0 bridgehead atoms. The van der Waals surface area contributed by atoms with Crippen molar-refractivity contribution < 1.29 is 13.5 Å². The van der Waals surface area contributed by atoms with Crippen molar-refractivity contribution in [1.82, 2.24) is 4.98 Å². The highest BCUT2D eigenvalue weighted by atomic mass is 32.2. The SMILES string of the molecule is O=S1(=O)CCC(C(O)c2ccc3cccnc3c2)C1. The Bertz CT molecular complexity index is 711. The zero-order chi connectivity index (χ0) is 13.5. The fraction of sp³-hybridized carbons (Fsp3) is 0.357. The minimum absolute atomic E-state index is 0.0778. The third-order valence-electron chi connectivity index (χ3n) is 3.69. The quantitative estimate of drug-likeness (QED) is 0.907. The molecule has 3 rings (SSSR count). The Hall–Kier alpha value is -1.46. The number of sulfone groups is 1. The van der Waals surface area contributed by atoms with Crippen molar-refractivity contribution in [3.8, 4) is 0 Å². The summed E-state index contributed by atoms with van der Waals surface area (Å²) in [7, 11) is -2.97. The van der Waals surface area contributed by atoms with Crippen molar-refractivity contribution in [1.29, 1.82) is 0 Å². The molecule has 1 aromatic heterocycles. The van der Waals surface area contributed by atoms with E-state index in [9.17, 15) is 13.5 Å². The summed E-state index contributed by atoms with van der Waals surface area (Å²) in [5, 5.41) is 11.3. The number of pyridine rings is 1. The van der Waals surface area contributed by atoms with Crippen LogP contribution in [-0.4, -0.2) is 30.0 Å². The first-order valence-electron chi connectivity index (χ1n) is 6.28. The molecule has 0 radical (unpaired) electrons. The van der Waals surface area contributed by atoms with Crippen LogP contribution < -0.4 is 0 Å². The predicted octanol–water partition coefficient (Wildman–Crippen LogP) is 1.70. The fourth-order valence-corrected chi connectivity index (χ4v) is 4.44. The van der Waals surface area contributed by atoms with Crippen LogP contribution in [-0.2, 0) is 9.84 Å². The number of hydrogen-bond acceptors (Lipinski definition) is 4. The minimum atomic E-state index is -2.97. The number of nitrogens with zero attached hydrogens (tertiary/aromatic N) is 1. The Morgan fingerprint density at radius 1 is 1.32 bits per heavy atom. The van der Waals surface area contributed by atoms with Crippen molar-refractivity contribution in [2.24, 2.45) is 5.92 Å². The van der Waals surface area contributed by atoms with Crippen molar-refractivity contribution in [3.05, 3.63) is 42.1 Å². The van der Waals surface area contributed by atoms with Gasteiger partial charge >= 0.3 is 0 Å². The maximum atomic E-state index is 11.5. The summed E-state index contributed by atoms with van der Waals surface area (Å²) in [4.78, 5) is 4.25. The van der Waals surface area contributed by atoms with Crippen LogP contribution in [0.1, 0.15) is 18.1 Å². The van der Waals surface area contributed by atoms with Gasteiger partial charge in [0.2, 0.25) is 0 Å². The van der Waals surface area contributed by atoms with Crippen LogP contribution >= 0.6 is 0 Å². The Balaban J connectivity index is 1.91. The van der Waals surface area contributed by atoms with Crippen molar-refractivity contribution in [2.45, 2.75) is 12.5 Å². The highest BCUT2D eigenvalue weighted by Gasteiger charge is 2.33. The second kappa shape index (κ2) is 4.58. The Kier molecular flexibility index (Phi) is 3.03. The molecule has 1 aliphatic rings. The van der Waals surface area contributed by atoms with E-state index in [1.54, 1.807) is 6.20 Å². The summed E-state index contributed by atoms with van der Waals surface area (Å²) in [6, 6.07) is 9.41. The Labute approximate surface area is 112 Å². The van der Waals surface area contributed by atoms with Gasteiger partial charge in [-0.25, -0.2) is 8.42 Å². The molecule has 0 spiro atoms. The lowest BCUT2D eigenvalue weighted by Crippen LogP contribution is -2.14. The predicted molar refractivity (Wildman–Crippen MR) is 73.5 cm³/mol. The average molecular weight is 277 g/mol. The van der Waals surface area contributed by atoms with Gasteiger partial charge in [-0.05, 0) is 24.1 Å². The van der Waals surface area contributed by atoms with Gasteiger partial charge in [0.05, 0.1) is 23.1 Å². The van der Waals surface area contributed by atoms with Crippen LogP contribution in [0.2, 0.25) is 0 Å². The first-order valence-corrected chi connectivity index (χ1v) is 8.10. The molecule has 2 unspecified atom stereocenters. The lowest BCUT2D eigenvalue weighted by Gasteiger charge is -2.17. The molecule has 4 nitrogen and oxygen atoms in total. The summed E-state index contributed by atoms with van der Waals surface area (Å²) in [5.41, 5.74) is 1.56. The van der Waals surface area contributed by atoms with E-state index >= 15 is 0 Å². The van der Waals surface area contributed by atoms with Crippen molar-refractivity contribution >= 4 is 20.7 Å². The number of aliphatic hydroxyl groups excluding tert-OH is 1. The number of hydrogen-bond donors (Lipinski definition) is 1. The lowest BCUT2D eigenvalue weighted by atomic mass is 9.94. The fourth-order valence-electron chi connectivity index (χ4n) is 2.61. The number of benzene rings is 1. The second-order valence-corrected chi connectivity index (χ2v) is 7.29. The number of aliphatic hydroxyl groups is 1. The van der Waals surface area contributed by atoms with Gasteiger partial charge in [0.1, 0.15) is 0 Å². The van der Waals surface area contributed by atoms with Gasteiger partial charge in [-0.1, -0.05) is 18.2 Å². The van der Waals surface area contributed by atoms with Crippen LogP contribution in [0.5, 0.6) is 0 Å². The maximum Gasteiger partial charge on any atom is 0.150 e. The first kappa shape index (κ1) is 12.6. The molecular weight excluding hydrogens is 262 g/mol.